The Bertz CT molecular complexity index is 521. The van der Waals surface area contributed by atoms with Crippen LogP contribution in [0.4, 0.5) is 5.69 Å². The second-order valence-corrected chi connectivity index (χ2v) is 5.78. The number of rotatable bonds is 5. The highest BCUT2D eigenvalue weighted by Gasteiger charge is 2.12. The number of fused-ring (bicyclic) bond motifs is 1. The molecule has 0 aliphatic rings. The predicted octanol–water partition coefficient (Wildman–Crippen LogP) is 3.50. The molecule has 2 aromatic rings. The number of hydrogen-bond donors (Lipinski definition) is 0. The molecule has 18 heavy (non-hydrogen) atoms. The van der Waals surface area contributed by atoms with Crippen molar-refractivity contribution in [1.29, 1.82) is 0 Å². The Labute approximate surface area is 112 Å². The van der Waals surface area contributed by atoms with Crippen molar-refractivity contribution in [1.82, 2.24) is 4.98 Å². The predicted molar refractivity (Wildman–Crippen MR) is 78.9 cm³/mol. The molecule has 0 amide bonds. The van der Waals surface area contributed by atoms with Gasteiger partial charge >= 0.3 is 0 Å². The molecule has 0 spiro atoms. The number of thiazole rings is 1. The van der Waals surface area contributed by atoms with Crippen LogP contribution in [-0.4, -0.2) is 32.3 Å². The van der Waals surface area contributed by atoms with Gasteiger partial charge < -0.3 is 9.64 Å². The van der Waals surface area contributed by atoms with E-state index in [-0.39, 0.29) is 0 Å². The standard InChI is InChI=1S/C14H20N2OS/c1-10(2)14-15-11-6-5-7-12(13(11)18-14)16(3)8-9-17-4/h5-7,10H,8-9H2,1-4H3. The molecule has 98 valence electrons. The number of benzene rings is 1. The molecule has 0 atom stereocenters. The summed E-state index contributed by atoms with van der Waals surface area (Å²) in [6.45, 7) is 6.01. The maximum Gasteiger partial charge on any atom is 0.0964 e. The zero-order valence-corrected chi connectivity index (χ0v) is 12.3. The molecule has 0 bridgehead atoms. The molecule has 1 aromatic carbocycles. The van der Waals surface area contributed by atoms with Crippen LogP contribution in [0.2, 0.25) is 0 Å². The van der Waals surface area contributed by atoms with E-state index >= 15 is 0 Å². The highest BCUT2D eigenvalue weighted by Crippen LogP contribution is 2.34. The lowest BCUT2D eigenvalue weighted by atomic mass is 10.2. The Morgan fingerprint density at radius 3 is 2.83 bits per heavy atom. The molecule has 0 N–H and O–H groups in total. The topological polar surface area (TPSA) is 25.4 Å². The third-order valence-corrected chi connectivity index (χ3v) is 4.34. The maximum absolute atomic E-state index is 5.14. The number of aromatic nitrogens is 1. The van der Waals surface area contributed by atoms with Crippen LogP contribution < -0.4 is 4.90 Å². The van der Waals surface area contributed by atoms with Gasteiger partial charge in [-0.3, -0.25) is 0 Å². The summed E-state index contributed by atoms with van der Waals surface area (Å²) in [4.78, 5) is 6.93. The van der Waals surface area contributed by atoms with Crippen LogP contribution in [-0.2, 0) is 4.74 Å². The lowest BCUT2D eigenvalue weighted by molar-refractivity contribution is 0.206. The first-order valence-electron chi connectivity index (χ1n) is 6.23. The summed E-state index contributed by atoms with van der Waals surface area (Å²) < 4.78 is 6.41. The van der Waals surface area contributed by atoms with Crippen LogP contribution in [0.3, 0.4) is 0 Å². The molecule has 0 aliphatic heterocycles. The monoisotopic (exact) mass is 264 g/mol. The van der Waals surface area contributed by atoms with Crippen molar-refractivity contribution in [3.05, 3.63) is 23.2 Å². The minimum atomic E-state index is 0.486. The molecule has 0 saturated heterocycles. The van der Waals surface area contributed by atoms with Crippen LogP contribution in [0.15, 0.2) is 18.2 Å². The molecular weight excluding hydrogens is 244 g/mol. The summed E-state index contributed by atoms with van der Waals surface area (Å²) in [5.41, 5.74) is 2.35. The van der Waals surface area contributed by atoms with Crippen molar-refractivity contribution in [3.8, 4) is 0 Å². The Morgan fingerprint density at radius 1 is 1.39 bits per heavy atom. The lowest BCUT2D eigenvalue weighted by Gasteiger charge is -2.19. The third-order valence-electron chi connectivity index (χ3n) is 2.95. The van der Waals surface area contributed by atoms with Gasteiger partial charge in [0.25, 0.3) is 0 Å². The first-order valence-corrected chi connectivity index (χ1v) is 7.04. The van der Waals surface area contributed by atoms with Crippen molar-refractivity contribution in [2.45, 2.75) is 19.8 Å². The molecule has 0 aliphatic carbocycles. The van der Waals surface area contributed by atoms with E-state index < -0.39 is 0 Å². The fourth-order valence-electron chi connectivity index (χ4n) is 1.85. The molecule has 0 fully saturated rings. The van der Waals surface area contributed by atoms with E-state index in [1.165, 1.54) is 15.4 Å². The summed E-state index contributed by atoms with van der Waals surface area (Å²) >= 11 is 1.80. The highest BCUT2D eigenvalue weighted by atomic mass is 32.1. The van der Waals surface area contributed by atoms with Crippen LogP contribution in [0.5, 0.6) is 0 Å². The Balaban J connectivity index is 2.38. The van der Waals surface area contributed by atoms with E-state index in [1.807, 2.05) is 0 Å². The van der Waals surface area contributed by atoms with Crippen molar-refractivity contribution >= 4 is 27.2 Å². The van der Waals surface area contributed by atoms with Gasteiger partial charge in [0.15, 0.2) is 0 Å². The highest BCUT2D eigenvalue weighted by molar-refractivity contribution is 7.19. The second kappa shape index (κ2) is 5.67. The van der Waals surface area contributed by atoms with Gasteiger partial charge in [0.2, 0.25) is 0 Å². The van der Waals surface area contributed by atoms with Crippen LogP contribution in [0.1, 0.15) is 24.8 Å². The second-order valence-electron chi connectivity index (χ2n) is 4.75. The molecule has 1 heterocycles. The number of hydrogen-bond acceptors (Lipinski definition) is 4. The van der Waals surface area contributed by atoms with Crippen molar-refractivity contribution in [3.63, 3.8) is 0 Å². The quantitative estimate of drug-likeness (QED) is 0.826. The summed E-state index contributed by atoms with van der Waals surface area (Å²) in [7, 11) is 3.83. The fourth-order valence-corrected chi connectivity index (χ4v) is 2.98. The Morgan fingerprint density at radius 2 is 2.17 bits per heavy atom. The fraction of sp³-hybridized carbons (Fsp3) is 0.500. The minimum Gasteiger partial charge on any atom is -0.383 e. The molecule has 2 rings (SSSR count). The molecule has 0 saturated carbocycles. The minimum absolute atomic E-state index is 0.486. The number of nitrogens with zero attached hydrogens (tertiary/aromatic N) is 2. The molecule has 3 nitrogen and oxygen atoms in total. The molecule has 4 heteroatoms. The molecule has 1 aromatic heterocycles. The zero-order valence-electron chi connectivity index (χ0n) is 11.4. The average molecular weight is 264 g/mol. The van der Waals surface area contributed by atoms with Gasteiger partial charge in [-0.05, 0) is 12.1 Å². The van der Waals surface area contributed by atoms with Crippen LogP contribution >= 0.6 is 11.3 Å². The number of ether oxygens (including phenoxy) is 1. The van der Waals surface area contributed by atoms with Crippen LogP contribution in [0.25, 0.3) is 10.2 Å². The lowest BCUT2D eigenvalue weighted by Crippen LogP contribution is -2.21. The van der Waals surface area contributed by atoms with Gasteiger partial charge in [-0.25, -0.2) is 4.98 Å². The van der Waals surface area contributed by atoms with E-state index in [0.29, 0.717) is 5.92 Å². The van der Waals surface area contributed by atoms with Crippen molar-refractivity contribution in [2.24, 2.45) is 0 Å². The van der Waals surface area contributed by atoms with Crippen molar-refractivity contribution < 1.29 is 4.74 Å². The summed E-state index contributed by atoms with van der Waals surface area (Å²) in [6, 6.07) is 6.32. The van der Waals surface area contributed by atoms with E-state index in [0.717, 1.165) is 18.7 Å². The SMILES string of the molecule is COCCN(C)c1cccc2nc(C(C)C)sc12. The van der Waals surface area contributed by atoms with Gasteiger partial charge in [0, 0.05) is 26.6 Å². The Hall–Kier alpha value is -1.13. The largest absolute Gasteiger partial charge is 0.383 e. The Kier molecular flexibility index (Phi) is 4.19. The van der Waals surface area contributed by atoms with E-state index in [4.69, 9.17) is 9.72 Å². The number of likely N-dealkylation sites (N-methyl/N-ethyl adjacent to an activating group) is 1. The summed E-state index contributed by atoms with van der Waals surface area (Å²) in [6.07, 6.45) is 0. The van der Waals surface area contributed by atoms with Crippen molar-refractivity contribution in [2.75, 3.05) is 32.2 Å². The summed E-state index contributed by atoms with van der Waals surface area (Å²) in [5, 5.41) is 1.21. The van der Waals surface area contributed by atoms with Gasteiger partial charge in [0.05, 0.1) is 27.5 Å². The van der Waals surface area contributed by atoms with E-state index in [1.54, 1.807) is 18.4 Å². The van der Waals surface area contributed by atoms with E-state index in [2.05, 4.69) is 44.0 Å². The van der Waals surface area contributed by atoms with Gasteiger partial charge in [-0.1, -0.05) is 19.9 Å². The summed E-state index contributed by atoms with van der Waals surface area (Å²) in [5.74, 6) is 0.486. The molecular formula is C14H20N2OS. The van der Waals surface area contributed by atoms with Crippen LogP contribution in [0, 0.1) is 0 Å². The van der Waals surface area contributed by atoms with Gasteiger partial charge in [-0.15, -0.1) is 11.3 Å². The average Bonchev–Trinajstić information content (AvgIpc) is 2.79. The number of anilines is 1. The molecule has 0 radical (unpaired) electrons. The molecule has 0 unspecified atom stereocenters. The first kappa shape index (κ1) is 13.3. The van der Waals surface area contributed by atoms with E-state index in [9.17, 15) is 0 Å². The maximum atomic E-state index is 5.14. The smallest absolute Gasteiger partial charge is 0.0964 e. The van der Waals surface area contributed by atoms with Gasteiger partial charge in [-0.2, -0.15) is 0 Å². The third kappa shape index (κ3) is 2.65. The zero-order chi connectivity index (χ0) is 13.1. The first-order chi connectivity index (χ1) is 8.63. The normalized spacial score (nSPS) is 11.4. The van der Waals surface area contributed by atoms with Gasteiger partial charge in [0.1, 0.15) is 0 Å². The number of methoxy groups -OCH3 is 1.